The summed E-state index contributed by atoms with van der Waals surface area (Å²) in [7, 11) is 0. The largest absolute Gasteiger partial charge is 0.392 e. The maximum absolute atomic E-state index is 13.8. The van der Waals surface area contributed by atoms with Gasteiger partial charge in [-0.05, 0) is 23.8 Å². The fourth-order valence-electron chi connectivity index (χ4n) is 1.51. The molecule has 0 aliphatic heterocycles. The zero-order chi connectivity index (χ0) is 13.3. The van der Waals surface area contributed by atoms with Crippen LogP contribution in [0.15, 0.2) is 24.4 Å². The van der Waals surface area contributed by atoms with Crippen LogP contribution in [0.25, 0.3) is 11.3 Å². The Labute approximate surface area is 112 Å². The first-order chi connectivity index (χ1) is 8.52. The Morgan fingerprint density at radius 3 is 2.44 bits per heavy atom. The lowest BCUT2D eigenvalue weighted by atomic mass is 10.1. The molecule has 1 N–H and O–H groups in total. The lowest BCUT2D eigenvalue weighted by Gasteiger charge is -2.08. The zero-order valence-corrected chi connectivity index (χ0v) is 10.4. The second-order valence-electron chi connectivity index (χ2n) is 3.57. The van der Waals surface area contributed by atoms with E-state index in [-0.39, 0.29) is 27.9 Å². The number of hydrogen-bond acceptors (Lipinski definition) is 2. The van der Waals surface area contributed by atoms with Crippen LogP contribution in [-0.2, 0) is 6.61 Å². The van der Waals surface area contributed by atoms with Gasteiger partial charge in [-0.2, -0.15) is 0 Å². The van der Waals surface area contributed by atoms with E-state index < -0.39 is 11.6 Å². The fraction of sp³-hybridized carbons (Fsp3) is 0.0833. The van der Waals surface area contributed by atoms with Gasteiger partial charge in [0.15, 0.2) is 0 Å². The lowest BCUT2D eigenvalue weighted by molar-refractivity contribution is 0.282. The second kappa shape index (κ2) is 5.18. The number of nitrogens with zero attached hydrogens (tertiary/aromatic N) is 1. The van der Waals surface area contributed by atoms with Crippen LogP contribution in [0.2, 0.25) is 10.0 Å². The minimum absolute atomic E-state index is 0.0138. The molecule has 0 amide bonds. The predicted octanol–water partition coefficient (Wildman–Crippen LogP) is 3.83. The molecule has 1 aromatic heterocycles. The minimum atomic E-state index is -0.641. The normalized spacial score (nSPS) is 10.7. The third kappa shape index (κ3) is 2.46. The van der Waals surface area contributed by atoms with E-state index in [1.54, 1.807) is 0 Å². The molecule has 2 rings (SSSR count). The topological polar surface area (TPSA) is 33.1 Å². The molecule has 0 saturated heterocycles. The van der Waals surface area contributed by atoms with E-state index in [2.05, 4.69) is 4.98 Å². The van der Waals surface area contributed by atoms with E-state index in [4.69, 9.17) is 28.3 Å². The SMILES string of the molecule is OCc1cc(-c2ncc(F)cc2Cl)c(F)cc1Cl. The summed E-state index contributed by atoms with van der Waals surface area (Å²) in [6.07, 6.45) is 0.938. The molecular formula is C12H7Cl2F2NO. The molecule has 0 saturated carbocycles. The van der Waals surface area contributed by atoms with Crippen LogP contribution in [0.5, 0.6) is 0 Å². The van der Waals surface area contributed by atoms with E-state index in [0.29, 0.717) is 5.56 Å². The molecule has 94 valence electrons. The molecule has 2 aromatic rings. The van der Waals surface area contributed by atoms with Crippen molar-refractivity contribution in [1.82, 2.24) is 4.98 Å². The Kier molecular flexibility index (Phi) is 3.80. The Balaban J connectivity index is 2.63. The summed E-state index contributed by atoms with van der Waals surface area (Å²) < 4.78 is 26.6. The van der Waals surface area contributed by atoms with Gasteiger partial charge in [0.05, 0.1) is 23.5 Å². The highest BCUT2D eigenvalue weighted by atomic mass is 35.5. The van der Waals surface area contributed by atoms with E-state index >= 15 is 0 Å². The standard InChI is InChI=1S/C12H7Cl2F2NO/c13-9-3-11(16)8(1-6(9)5-18)12-10(14)2-7(15)4-17-12/h1-4,18H,5H2. The smallest absolute Gasteiger partial charge is 0.143 e. The van der Waals surface area contributed by atoms with Gasteiger partial charge in [-0.25, -0.2) is 8.78 Å². The molecule has 0 radical (unpaired) electrons. The Hall–Kier alpha value is -1.23. The van der Waals surface area contributed by atoms with Gasteiger partial charge in [-0.1, -0.05) is 23.2 Å². The summed E-state index contributed by atoms with van der Waals surface area (Å²) in [5, 5.41) is 9.17. The van der Waals surface area contributed by atoms with Gasteiger partial charge in [-0.15, -0.1) is 0 Å². The van der Waals surface area contributed by atoms with Gasteiger partial charge in [0, 0.05) is 10.6 Å². The van der Waals surface area contributed by atoms with Crippen molar-refractivity contribution in [3.63, 3.8) is 0 Å². The number of hydrogen-bond donors (Lipinski definition) is 1. The van der Waals surface area contributed by atoms with Crippen LogP contribution in [0, 0.1) is 11.6 Å². The molecule has 1 aromatic carbocycles. The number of aliphatic hydroxyl groups is 1. The van der Waals surface area contributed by atoms with Crippen LogP contribution in [-0.4, -0.2) is 10.1 Å². The number of halogens is 4. The Bertz CT molecular complexity index is 605. The third-order valence-electron chi connectivity index (χ3n) is 2.37. The van der Waals surface area contributed by atoms with Crippen LogP contribution < -0.4 is 0 Å². The zero-order valence-electron chi connectivity index (χ0n) is 8.92. The highest BCUT2D eigenvalue weighted by Crippen LogP contribution is 2.31. The van der Waals surface area contributed by atoms with Crippen molar-refractivity contribution in [3.05, 3.63) is 51.6 Å². The lowest BCUT2D eigenvalue weighted by Crippen LogP contribution is -1.94. The summed E-state index contributed by atoms with van der Waals surface area (Å²) in [5.74, 6) is -1.25. The van der Waals surface area contributed by atoms with Gasteiger partial charge in [0.25, 0.3) is 0 Å². The highest BCUT2D eigenvalue weighted by Gasteiger charge is 2.14. The van der Waals surface area contributed by atoms with Crippen molar-refractivity contribution in [2.24, 2.45) is 0 Å². The Morgan fingerprint density at radius 2 is 1.83 bits per heavy atom. The molecule has 0 atom stereocenters. The monoisotopic (exact) mass is 289 g/mol. The highest BCUT2D eigenvalue weighted by molar-refractivity contribution is 6.33. The summed E-state index contributed by atoms with van der Waals surface area (Å²) in [6.45, 7) is -0.342. The first-order valence-electron chi connectivity index (χ1n) is 4.93. The molecule has 0 unspecified atom stereocenters. The number of rotatable bonds is 2. The average Bonchev–Trinajstić information content (AvgIpc) is 2.30. The minimum Gasteiger partial charge on any atom is -0.392 e. The van der Waals surface area contributed by atoms with Gasteiger partial charge < -0.3 is 5.11 Å². The molecule has 2 nitrogen and oxygen atoms in total. The molecule has 0 aliphatic carbocycles. The van der Waals surface area contributed by atoms with E-state index in [1.807, 2.05) is 0 Å². The summed E-state index contributed by atoms with van der Waals surface area (Å²) >= 11 is 11.5. The van der Waals surface area contributed by atoms with Crippen molar-refractivity contribution in [2.75, 3.05) is 0 Å². The summed E-state index contributed by atoms with van der Waals surface area (Å²) in [6, 6.07) is 3.43. The Morgan fingerprint density at radius 1 is 1.11 bits per heavy atom. The second-order valence-corrected chi connectivity index (χ2v) is 4.38. The average molecular weight is 290 g/mol. The van der Waals surface area contributed by atoms with E-state index in [0.717, 1.165) is 18.3 Å². The maximum atomic E-state index is 13.8. The van der Waals surface area contributed by atoms with Crippen molar-refractivity contribution in [1.29, 1.82) is 0 Å². The van der Waals surface area contributed by atoms with Gasteiger partial charge >= 0.3 is 0 Å². The van der Waals surface area contributed by atoms with Crippen LogP contribution in [0.1, 0.15) is 5.56 Å². The van der Waals surface area contributed by atoms with Crippen molar-refractivity contribution >= 4 is 23.2 Å². The first-order valence-corrected chi connectivity index (χ1v) is 5.68. The molecule has 0 fully saturated rings. The third-order valence-corrected chi connectivity index (χ3v) is 3.01. The van der Waals surface area contributed by atoms with Gasteiger partial charge in [0.1, 0.15) is 11.6 Å². The number of aromatic nitrogens is 1. The number of pyridine rings is 1. The van der Waals surface area contributed by atoms with Crippen molar-refractivity contribution in [2.45, 2.75) is 6.61 Å². The molecule has 0 spiro atoms. The van der Waals surface area contributed by atoms with E-state index in [1.165, 1.54) is 6.07 Å². The van der Waals surface area contributed by atoms with Crippen LogP contribution in [0.4, 0.5) is 8.78 Å². The number of aliphatic hydroxyl groups excluding tert-OH is 1. The fourth-order valence-corrected chi connectivity index (χ4v) is 1.97. The van der Waals surface area contributed by atoms with Crippen molar-refractivity contribution < 1.29 is 13.9 Å². The molecule has 0 aliphatic rings. The van der Waals surface area contributed by atoms with Gasteiger partial charge in [-0.3, -0.25) is 4.98 Å². The van der Waals surface area contributed by atoms with Gasteiger partial charge in [0.2, 0.25) is 0 Å². The molecular weight excluding hydrogens is 283 g/mol. The van der Waals surface area contributed by atoms with Crippen molar-refractivity contribution in [3.8, 4) is 11.3 Å². The predicted molar refractivity (Wildman–Crippen MR) is 65.5 cm³/mol. The summed E-state index contributed by atoms with van der Waals surface area (Å²) in [4.78, 5) is 3.74. The quantitative estimate of drug-likeness (QED) is 0.912. The molecule has 6 heteroatoms. The molecule has 18 heavy (non-hydrogen) atoms. The summed E-state index contributed by atoms with van der Waals surface area (Å²) in [5.41, 5.74) is 0.505. The first kappa shape index (κ1) is 13.2. The maximum Gasteiger partial charge on any atom is 0.143 e. The van der Waals surface area contributed by atoms with Crippen LogP contribution >= 0.6 is 23.2 Å². The molecule has 0 bridgehead atoms. The number of benzene rings is 1. The molecule has 1 heterocycles. The van der Waals surface area contributed by atoms with E-state index in [9.17, 15) is 8.78 Å². The van der Waals surface area contributed by atoms with Crippen LogP contribution in [0.3, 0.4) is 0 Å².